The van der Waals surface area contributed by atoms with Crippen LogP contribution in [-0.2, 0) is 21.4 Å². The second kappa shape index (κ2) is 7.03. The highest BCUT2D eigenvalue weighted by molar-refractivity contribution is 7.88. The van der Waals surface area contributed by atoms with Crippen molar-refractivity contribution in [2.24, 2.45) is 0 Å². The van der Waals surface area contributed by atoms with Crippen LogP contribution >= 0.6 is 0 Å². The molecule has 2 aromatic rings. The van der Waals surface area contributed by atoms with Crippen molar-refractivity contribution in [3.63, 3.8) is 0 Å². The topological polar surface area (TPSA) is 116 Å². The maximum absolute atomic E-state index is 12.2. The van der Waals surface area contributed by atoms with E-state index in [1.807, 2.05) is 18.2 Å². The van der Waals surface area contributed by atoms with Crippen LogP contribution in [0.15, 0.2) is 22.7 Å². The van der Waals surface area contributed by atoms with Gasteiger partial charge in [-0.05, 0) is 30.5 Å². The first-order valence-corrected chi connectivity index (χ1v) is 11.8. The summed E-state index contributed by atoms with van der Waals surface area (Å²) in [5.41, 5.74) is 1.61. The average molecular weight is 433 g/mol. The summed E-state index contributed by atoms with van der Waals surface area (Å²) in [4.78, 5) is 27.4. The number of piperidine rings is 2. The molecule has 0 spiro atoms. The van der Waals surface area contributed by atoms with Crippen molar-refractivity contribution in [1.82, 2.24) is 19.7 Å². The Balaban J connectivity index is 1.38. The molecule has 11 heteroatoms. The van der Waals surface area contributed by atoms with Gasteiger partial charge in [-0.25, -0.2) is 13.2 Å². The summed E-state index contributed by atoms with van der Waals surface area (Å²) in [6, 6.07) is 5.48. The van der Waals surface area contributed by atoms with Crippen LogP contribution in [0.3, 0.4) is 0 Å². The number of urea groups is 1. The summed E-state index contributed by atoms with van der Waals surface area (Å²) in [6.07, 6.45) is 3.38. The standard InChI is InChI=1S/C19H23N5O5S/c1-30(27,28)24-11-13-3-4-14(24)10-22(13)9-12-2-5-16-15(8-12)18(21-29-16)23-7-6-17(25)20-19(23)26/h2,5,8,13-14H,3-4,6-7,9-11H2,1H3,(H,20,25,26)/t13-,14-/m1/s1. The first-order chi connectivity index (χ1) is 14.3. The molecular weight excluding hydrogens is 410 g/mol. The molecule has 30 heavy (non-hydrogen) atoms. The van der Waals surface area contributed by atoms with Crippen LogP contribution in [0, 0.1) is 0 Å². The quantitative estimate of drug-likeness (QED) is 0.761. The molecule has 1 aromatic carbocycles. The molecule has 10 nitrogen and oxygen atoms in total. The molecule has 0 saturated carbocycles. The average Bonchev–Trinajstić information content (AvgIpc) is 3.11. The summed E-state index contributed by atoms with van der Waals surface area (Å²) >= 11 is 0. The lowest BCUT2D eigenvalue weighted by atomic mass is 9.92. The van der Waals surface area contributed by atoms with E-state index < -0.39 is 16.1 Å². The van der Waals surface area contributed by atoms with E-state index in [-0.39, 0.29) is 31.0 Å². The molecule has 4 saturated heterocycles. The molecule has 3 amide bonds. The maximum atomic E-state index is 12.2. The van der Waals surface area contributed by atoms with Gasteiger partial charge in [0.2, 0.25) is 15.9 Å². The molecule has 4 fully saturated rings. The number of anilines is 1. The zero-order valence-electron chi connectivity index (χ0n) is 16.6. The van der Waals surface area contributed by atoms with Crippen LogP contribution in [-0.4, -0.2) is 72.7 Å². The van der Waals surface area contributed by atoms with E-state index in [4.69, 9.17) is 4.52 Å². The van der Waals surface area contributed by atoms with Crippen molar-refractivity contribution in [3.8, 4) is 0 Å². The highest BCUT2D eigenvalue weighted by Gasteiger charge is 2.42. The number of imide groups is 1. The number of nitrogens with one attached hydrogen (secondary N) is 1. The summed E-state index contributed by atoms with van der Waals surface area (Å²) in [7, 11) is -3.18. The highest BCUT2D eigenvalue weighted by Crippen LogP contribution is 2.33. The van der Waals surface area contributed by atoms with E-state index in [9.17, 15) is 18.0 Å². The molecule has 0 radical (unpaired) electrons. The van der Waals surface area contributed by atoms with Crippen molar-refractivity contribution in [2.75, 3.05) is 30.8 Å². The first kappa shape index (κ1) is 19.5. The maximum Gasteiger partial charge on any atom is 0.329 e. The minimum atomic E-state index is -3.18. The fourth-order valence-electron chi connectivity index (χ4n) is 4.74. The minimum Gasteiger partial charge on any atom is -0.354 e. The van der Waals surface area contributed by atoms with Gasteiger partial charge < -0.3 is 4.52 Å². The van der Waals surface area contributed by atoms with Gasteiger partial charge in [-0.2, -0.15) is 4.31 Å². The summed E-state index contributed by atoms with van der Waals surface area (Å²) in [5, 5.41) is 7.07. The molecule has 0 unspecified atom stereocenters. The summed E-state index contributed by atoms with van der Waals surface area (Å²) in [6.45, 7) is 2.19. The van der Waals surface area contributed by atoms with E-state index in [0.717, 1.165) is 23.8 Å². The smallest absolute Gasteiger partial charge is 0.329 e. The number of piperazine rings is 1. The Labute approximate surface area is 173 Å². The van der Waals surface area contributed by atoms with E-state index >= 15 is 0 Å². The van der Waals surface area contributed by atoms with E-state index in [2.05, 4.69) is 15.4 Å². The van der Waals surface area contributed by atoms with Crippen LogP contribution in [0.5, 0.6) is 0 Å². The lowest BCUT2D eigenvalue weighted by molar-refractivity contribution is -0.120. The molecule has 2 atom stereocenters. The Bertz CT molecular complexity index is 1130. The van der Waals surface area contributed by atoms with E-state index in [1.54, 1.807) is 4.31 Å². The third-order valence-electron chi connectivity index (χ3n) is 6.23. The van der Waals surface area contributed by atoms with Crippen LogP contribution in [0.1, 0.15) is 24.8 Å². The predicted octanol–water partition coefficient (Wildman–Crippen LogP) is 0.882. The third kappa shape index (κ3) is 3.36. The number of benzene rings is 1. The predicted molar refractivity (Wildman–Crippen MR) is 108 cm³/mol. The largest absolute Gasteiger partial charge is 0.354 e. The van der Waals surface area contributed by atoms with E-state index in [1.165, 1.54) is 11.2 Å². The van der Waals surface area contributed by atoms with Crippen LogP contribution in [0.4, 0.5) is 10.6 Å². The Hall–Kier alpha value is -2.50. The highest BCUT2D eigenvalue weighted by atomic mass is 32.2. The van der Waals surface area contributed by atoms with Crippen molar-refractivity contribution >= 4 is 38.7 Å². The van der Waals surface area contributed by atoms with Gasteiger partial charge >= 0.3 is 6.03 Å². The molecule has 4 aliphatic rings. The van der Waals surface area contributed by atoms with Gasteiger partial charge in [0.1, 0.15) is 0 Å². The monoisotopic (exact) mass is 433 g/mol. The van der Waals surface area contributed by atoms with Crippen LogP contribution in [0.2, 0.25) is 0 Å². The number of amides is 3. The zero-order valence-corrected chi connectivity index (χ0v) is 17.4. The molecule has 0 aliphatic carbocycles. The van der Waals surface area contributed by atoms with Crippen LogP contribution in [0.25, 0.3) is 11.0 Å². The SMILES string of the molecule is CS(=O)(=O)N1C[C@H]2CC[C@@H]1CN2Cc1ccc2onc(N3CCC(=O)NC3=O)c2c1. The van der Waals surface area contributed by atoms with Gasteiger partial charge in [-0.1, -0.05) is 11.2 Å². The van der Waals surface area contributed by atoms with Crippen molar-refractivity contribution in [3.05, 3.63) is 23.8 Å². The van der Waals surface area contributed by atoms with Gasteiger partial charge in [-0.3, -0.25) is 19.9 Å². The minimum absolute atomic E-state index is 0.0227. The Morgan fingerprint density at radius 3 is 2.70 bits per heavy atom. The second-order valence-corrected chi connectivity index (χ2v) is 10.2. The number of nitrogens with zero attached hydrogens (tertiary/aromatic N) is 4. The number of hydrogen-bond donors (Lipinski definition) is 1. The van der Waals surface area contributed by atoms with E-state index in [0.29, 0.717) is 31.0 Å². The first-order valence-electron chi connectivity index (χ1n) is 10.00. The number of aromatic nitrogens is 1. The second-order valence-electron chi connectivity index (χ2n) is 8.24. The molecule has 1 aromatic heterocycles. The molecule has 2 bridgehead atoms. The molecule has 1 N–H and O–H groups in total. The Kier molecular flexibility index (Phi) is 4.56. The van der Waals surface area contributed by atoms with Gasteiger partial charge in [-0.15, -0.1) is 0 Å². The van der Waals surface area contributed by atoms with Gasteiger partial charge in [0.25, 0.3) is 0 Å². The summed E-state index contributed by atoms with van der Waals surface area (Å²) < 4.78 is 31.1. The number of carbonyl (C=O) groups is 2. The number of rotatable bonds is 4. The van der Waals surface area contributed by atoms with Crippen molar-refractivity contribution in [2.45, 2.75) is 37.9 Å². The molecule has 5 heterocycles. The van der Waals surface area contributed by atoms with Gasteiger partial charge in [0, 0.05) is 44.7 Å². The lowest BCUT2D eigenvalue weighted by Crippen LogP contribution is -2.63. The molecule has 4 aliphatic heterocycles. The normalized spacial score (nSPS) is 25.8. The molecule has 6 rings (SSSR count). The number of sulfonamides is 1. The fraction of sp³-hybridized carbons (Fsp3) is 0.526. The fourth-order valence-corrected chi connectivity index (χ4v) is 5.90. The van der Waals surface area contributed by atoms with Gasteiger partial charge in [0.05, 0.1) is 11.6 Å². The lowest BCUT2D eigenvalue weighted by Gasteiger charge is -2.50. The molecule has 160 valence electrons. The number of carbonyl (C=O) groups excluding carboxylic acids is 2. The number of hydrogen-bond acceptors (Lipinski definition) is 7. The van der Waals surface area contributed by atoms with Crippen LogP contribution < -0.4 is 10.2 Å². The zero-order chi connectivity index (χ0) is 21.0. The number of fused-ring (bicyclic) bond motifs is 4. The van der Waals surface area contributed by atoms with Gasteiger partial charge in [0.15, 0.2) is 11.4 Å². The Morgan fingerprint density at radius 2 is 2.00 bits per heavy atom. The van der Waals surface area contributed by atoms with Crippen molar-refractivity contribution in [1.29, 1.82) is 0 Å². The Morgan fingerprint density at radius 1 is 1.20 bits per heavy atom. The summed E-state index contributed by atoms with van der Waals surface area (Å²) in [5.74, 6) is 0.105. The van der Waals surface area contributed by atoms with Crippen molar-refractivity contribution < 1.29 is 22.5 Å². The molecular formula is C19H23N5O5S. The third-order valence-corrected chi connectivity index (χ3v) is 7.53.